The van der Waals surface area contributed by atoms with E-state index in [2.05, 4.69) is 10.3 Å². The van der Waals surface area contributed by atoms with Gasteiger partial charge in [-0.3, -0.25) is 4.79 Å². The third-order valence-electron chi connectivity index (χ3n) is 5.84. The summed E-state index contributed by atoms with van der Waals surface area (Å²) in [5.74, 6) is 0.505. The minimum Gasteiger partial charge on any atom is -0.360 e. The van der Waals surface area contributed by atoms with Crippen molar-refractivity contribution in [3.05, 3.63) is 71.7 Å². The third kappa shape index (κ3) is 2.35. The molecule has 132 valence electrons. The van der Waals surface area contributed by atoms with E-state index in [0.717, 1.165) is 29.6 Å². The predicted molar refractivity (Wildman–Crippen MR) is 98.3 cm³/mol. The number of amides is 1. The lowest BCUT2D eigenvalue weighted by Gasteiger charge is -2.28. The number of carbonyl (C=O) groups is 1. The Morgan fingerprint density at radius 2 is 2.00 bits per heavy atom. The van der Waals surface area contributed by atoms with Gasteiger partial charge in [-0.15, -0.1) is 0 Å². The van der Waals surface area contributed by atoms with Crippen LogP contribution in [0.15, 0.2) is 54.7 Å². The minimum absolute atomic E-state index is 0.0195. The lowest BCUT2D eigenvalue weighted by atomic mass is 9.89. The van der Waals surface area contributed by atoms with Gasteiger partial charge in [0.2, 0.25) is 0 Å². The summed E-state index contributed by atoms with van der Waals surface area (Å²) in [5.41, 5.74) is 2.53. The number of aromatic nitrogens is 1. The van der Waals surface area contributed by atoms with E-state index in [9.17, 15) is 9.18 Å². The van der Waals surface area contributed by atoms with Crippen LogP contribution in [-0.4, -0.2) is 35.4 Å². The maximum atomic E-state index is 13.9. The molecule has 0 saturated carbocycles. The predicted octanol–water partition coefficient (Wildman–Crippen LogP) is 3.34. The average Bonchev–Trinajstić information content (AvgIpc) is 3.34. The number of hydrogen-bond donors (Lipinski definition) is 2. The number of H-pyrrole nitrogens is 1. The molecule has 2 fully saturated rings. The molecule has 2 saturated heterocycles. The molecule has 5 rings (SSSR count). The van der Waals surface area contributed by atoms with E-state index in [0.29, 0.717) is 23.9 Å². The molecule has 3 aromatic rings. The SMILES string of the molecule is O=C(c1c[nH]c2ccccc12)N1C[C@@H]2CNC[C@@H]2[C@@H]1c1cccc(F)c1. The van der Waals surface area contributed by atoms with Crippen LogP contribution in [0.3, 0.4) is 0 Å². The molecular weight excluding hydrogens is 329 g/mol. The molecule has 0 aliphatic carbocycles. The van der Waals surface area contributed by atoms with Crippen LogP contribution < -0.4 is 5.32 Å². The Balaban J connectivity index is 1.57. The van der Waals surface area contributed by atoms with Crippen molar-refractivity contribution in [1.82, 2.24) is 15.2 Å². The van der Waals surface area contributed by atoms with E-state index in [1.807, 2.05) is 35.2 Å². The van der Waals surface area contributed by atoms with Crippen LogP contribution in [0.5, 0.6) is 0 Å². The molecule has 2 N–H and O–H groups in total. The Hall–Kier alpha value is -2.66. The third-order valence-corrected chi connectivity index (χ3v) is 5.84. The molecule has 2 aromatic carbocycles. The Labute approximate surface area is 151 Å². The Kier molecular flexibility index (Phi) is 3.57. The molecule has 4 nitrogen and oxygen atoms in total. The van der Waals surface area contributed by atoms with Gasteiger partial charge in [-0.25, -0.2) is 4.39 Å². The zero-order valence-corrected chi connectivity index (χ0v) is 14.3. The van der Waals surface area contributed by atoms with Gasteiger partial charge >= 0.3 is 0 Å². The van der Waals surface area contributed by atoms with Gasteiger partial charge in [0.1, 0.15) is 5.82 Å². The number of hydrogen-bond acceptors (Lipinski definition) is 2. The van der Waals surface area contributed by atoms with Crippen molar-refractivity contribution in [2.24, 2.45) is 11.8 Å². The van der Waals surface area contributed by atoms with Gasteiger partial charge in [0.05, 0.1) is 11.6 Å². The summed E-state index contributed by atoms with van der Waals surface area (Å²) in [6.07, 6.45) is 1.79. The molecular formula is C21H20FN3O. The van der Waals surface area contributed by atoms with E-state index >= 15 is 0 Å². The first kappa shape index (κ1) is 15.6. The van der Waals surface area contributed by atoms with Crippen LogP contribution in [0.1, 0.15) is 22.0 Å². The number of nitrogens with zero attached hydrogens (tertiary/aromatic N) is 1. The van der Waals surface area contributed by atoms with Gasteiger partial charge in [0.15, 0.2) is 0 Å². The lowest BCUT2D eigenvalue weighted by molar-refractivity contribution is 0.0716. The molecule has 0 unspecified atom stereocenters. The monoisotopic (exact) mass is 349 g/mol. The van der Waals surface area contributed by atoms with Crippen LogP contribution in [0.2, 0.25) is 0 Å². The van der Waals surface area contributed by atoms with Crippen molar-refractivity contribution in [2.75, 3.05) is 19.6 Å². The number of nitrogens with one attached hydrogen (secondary N) is 2. The second-order valence-corrected chi connectivity index (χ2v) is 7.29. The Bertz CT molecular complexity index is 982. The first-order chi connectivity index (χ1) is 12.7. The Morgan fingerprint density at radius 3 is 2.88 bits per heavy atom. The number of likely N-dealkylation sites (tertiary alicyclic amines) is 1. The summed E-state index contributed by atoms with van der Waals surface area (Å²) < 4.78 is 13.9. The first-order valence-corrected chi connectivity index (χ1v) is 9.05. The van der Waals surface area contributed by atoms with Crippen molar-refractivity contribution >= 4 is 16.8 Å². The average molecular weight is 349 g/mol. The summed E-state index contributed by atoms with van der Waals surface area (Å²) in [6.45, 7) is 2.48. The summed E-state index contributed by atoms with van der Waals surface area (Å²) >= 11 is 0. The summed E-state index contributed by atoms with van der Waals surface area (Å²) in [5, 5.41) is 4.36. The number of fused-ring (bicyclic) bond motifs is 2. The number of carbonyl (C=O) groups excluding carboxylic acids is 1. The first-order valence-electron chi connectivity index (χ1n) is 9.05. The van der Waals surface area contributed by atoms with Crippen molar-refractivity contribution < 1.29 is 9.18 Å². The molecule has 5 heteroatoms. The number of benzene rings is 2. The van der Waals surface area contributed by atoms with Crippen molar-refractivity contribution in [2.45, 2.75) is 6.04 Å². The van der Waals surface area contributed by atoms with Gasteiger partial charge < -0.3 is 15.2 Å². The molecule has 0 radical (unpaired) electrons. The highest BCUT2D eigenvalue weighted by molar-refractivity contribution is 6.07. The second kappa shape index (κ2) is 5.95. The van der Waals surface area contributed by atoms with Crippen LogP contribution in [0, 0.1) is 17.7 Å². The second-order valence-electron chi connectivity index (χ2n) is 7.29. The van der Waals surface area contributed by atoms with Gasteiger partial charge in [0.25, 0.3) is 5.91 Å². The highest BCUT2D eigenvalue weighted by atomic mass is 19.1. The maximum Gasteiger partial charge on any atom is 0.256 e. The van der Waals surface area contributed by atoms with Crippen LogP contribution in [0.25, 0.3) is 10.9 Å². The van der Waals surface area contributed by atoms with E-state index in [1.54, 1.807) is 18.3 Å². The zero-order chi connectivity index (χ0) is 17.7. The molecule has 2 aliphatic rings. The fraction of sp³-hybridized carbons (Fsp3) is 0.286. The molecule has 0 bridgehead atoms. The van der Waals surface area contributed by atoms with Crippen molar-refractivity contribution in [3.8, 4) is 0 Å². The molecule has 3 heterocycles. The van der Waals surface area contributed by atoms with Crippen LogP contribution in [0.4, 0.5) is 4.39 Å². The minimum atomic E-state index is -0.253. The quantitative estimate of drug-likeness (QED) is 0.745. The largest absolute Gasteiger partial charge is 0.360 e. The maximum absolute atomic E-state index is 13.9. The highest BCUT2D eigenvalue weighted by Gasteiger charge is 2.47. The van der Waals surface area contributed by atoms with E-state index in [-0.39, 0.29) is 17.8 Å². The number of para-hydroxylation sites is 1. The summed E-state index contributed by atoms with van der Waals surface area (Å²) in [6, 6.07) is 14.4. The van der Waals surface area contributed by atoms with E-state index in [4.69, 9.17) is 0 Å². The summed E-state index contributed by atoms with van der Waals surface area (Å²) in [7, 11) is 0. The molecule has 1 aromatic heterocycles. The van der Waals surface area contributed by atoms with E-state index < -0.39 is 0 Å². The molecule has 0 spiro atoms. The van der Waals surface area contributed by atoms with Crippen molar-refractivity contribution in [1.29, 1.82) is 0 Å². The van der Waals surface area contributed by atoms with Gasteiger partial charge in [0, 0.05) is 42.7 Å². The number of aromatic amines is 1. The lowest BCUT2D eigenvalue weighted by Crippen LogP contribution is -2.34. The Morgan fingerprint density at radius 1 is 1.12 bits per heavy atom. The fourth-order valence-corrected chi connectivity index (χ4v) is 4.65. The van der Waals surface area contributed by atoms with Gasteiger partial charge in [-0.1, -0.05) is 30.3 Å². The molecule has 26 heavy (non-hydrogen) atoms. The standard InChI is InChI=1S/C21H20FN3O/c22-15-5-3-4-13(8-15)20-17-10-23-9-14(17)12-25(20)21(26)18-11-24-19-7-2-1-6-16(18)19/h1-8,11,14,17,20,23-24H,9-10,12H2/t14-,17-,20-/m0/s1. The smallest absolute Gasteiger partial charge is 0.256 e. The van der Waals surface area contributed by atoms with Crippen molar-refractivity contribution in [3.63, 3.8) is 0 Å². The van der Waals surface area contributed by atoms with Gasteiger partial charge in [-0.2, -0.15) is 0 Å². The van der Waals surface area contributed by atoms with Crippen LogP contribution in [-0.2, 0) is 0 Å². The molecule has 1 amide bonds. The van der Waals surface area contributed by atoms with Crippen LogP contribution >= 0.6 is 0 Å². The van der Waals surface area contributed by atoms with E-state index in [1.165, 1.54) is 6.07 Å². The normalized spacial score (nSPS) is 25.0. The molecule has 3 atom stereocenters. The zero-order valence-electron chi connectivity index (χ0n) is 14.3. The topological polar surface area (TPSA) is 48.1 Å². The molecule has 2 aliphatic heterocycles. The number of rotatable bonds is 2. The van der Waals surface area contributed by atoms with Gasteiger partial charge in [-0.05, 0) is 29.7 Å². The summed E-state index contributed by atoms with van der Waals surface area (Å²) in [4.78, 5) is 18.5. The number of halogens is 1. The highest BCUT2D eigenvalue weighted by Crippen LogP contribution is 2.43. The fourth-order valence-electron chi connectivity index (χ4n) is 4.65.